The van der Waals surface area contributed by atoms with Crippen LogP contribution in [0, 0.1) is 21.4 Å². The molecule has 2 aromatic rings. The molecule has 0 aliphatic rings. The van der Waals surface area contributed by atoms with Gasteiger partial charge in [0.25, 0.3) is 15.7 Å². The van der Waals surface area contributed by atoms with Crippen LogP contribution in [0.2, 0.25) is 4.34 Å². The fraction of sp³-hybridized carbons (Fsp3) is 0.111. The van der Waals surface area contributed by atoms with Crippen LogP contribution in [-0.2, 0) is 17.1 Å². The molecule has 2 heterocycles. The highest BCUT2D eigenvalue weighted by Gasteiger charge is 2.26. The minimum absolute atomic E-state index is 0.0261. The van der Waals surface area contributed by atoms with Crippen molar-refractivity contribution in [3.63, 3.8) is 0 Å². The summed E-state index contributed by atoms with van der Waals surface area (Å²) in [5.74, 6) is -0.160. The van der Waals surface area contributed by atoms with Crippen LogP contribution in [0.3, 0.4) is 0 Å². The van der Waals surface area contributed by atoms with Gasteiger partial charge in [0.15, 0.2) is 10.2 Å². The Morgan fingerprint density at radius 2 is 2.29 bits per heavy atom. The van der Waals surface area contributed by atoms with Crippen LogP contribution in [-0.4, -0.2) is 23.1 Å². The van der Waals surface area contributed by atoms with Gasteiger partial charge in [0.2, 0.25) is 0 Å². The molecule has 0 amide bonds. The van der Waals surface area contributed by atoms with Crippen molar-refractivity contribution in [2.75, 3.05) is 4.72 Å². The third-order valence-electron chi connectivity index (χ3n) is 2.29. The number of nitrogens with one attached hydrogen (secondary N) is 1. The van der Waals surface area contributed by atoms with Gasteiger partial charge < -0.3 is 0 Å². The number of hydrogen-bond acceptors (Lipinski definition) is 7. The number of sulfonamides is 1. The molecule has 2 aromatic heterocycles. The second kappa shape index (κ2) is 5.32. The van der Waals surface area contributed by atoms with Crippen LogP contribution >= 0.6 is 22.9 Å². The fourth-order valence-electron chi connectivity index (χ4n) is 1.42. The largest absolute Gasteiger partial charge is 0.300 e. The molecule has 110 valence electrons. The van der Waals surface area contributed by atoms with E-state index in [0.29, 0.717) is 11.3 Å². The molecule has 0 aliphatic carbocycles. The van der Waals surface area contributed by atoms with Crippen molar-refractivity contribution in [3.05, 3.63) is 32.3 Å². The summed E-state index contributed by atoms with van der Waals surface area (Å²) in [5, 5.41) is 23.4. The molecule has 0 aromatic carbocycles. The van der Waals surface area contributed by atoms with Gasteiger partial charge in [0.05, 0.1) is 4.92 Å². The Morgan fingerprint density at radius 3 is 2.81 bits per heavy atom. The Labute approximate surface area is 127 Å². The van der Waals surface area contributed by atoms with Gasteiger partial charge in [-0.2, -0.15) is 10.4 Å². The summed E-state index contributed by atoms with van der Waals surface area (Å²) in [4.78, 5) is 9.90. The van der Waals surface area contributed by atoms with Gasteiger partial charge in [-0.15, -0.1) is 11.3 Å². The van der Waals surface area contributed by atoms with Crippen LogP contribution in [0.15, 0.2) is 16.5 Å². The van der Waals surface area contributed by atoms with Gasteiger partial charge in [-0.05, 0) is 0 Å². The zero-order valence-corrected chi connectivity index (χ0v) is 12.7. The van der Waals surface area contributed by atoms with E-state index >= 15 is 0 Å². The first-order chi connectivity index (χ1) is 9.74. The normalized spacial score (nSPS) is 11.1. The minimum atomic E-state index is -4.12. The van der Waals surface area contributed by atoms with Crippen LogP contribution < -0.4 is 4.72 Å². The van der Waals surface area contributed by atoms with Crippen molar-refractivity contribution < 1.29 is 13.3 Å². The first kappa shape index (κ1) is 15.2. The third kappa shape index (κ3) is 2.97. The van der Waals surface area contributed by atoms with E-state index < -0.39 is 20.6 Å². The summed E-state index contributed by atoms with van der Waals surface area (Å²) in [6.07, 6.45) is 1.34. The lowest BCUT2D eigenvalue weighted by Gasteiger charge is -2.02. The number of nitro groups is 1. The Bertz CT molecular complexity index is 863. The van der Waals surface area contributed by atoms with Crippen LogP contribution in [0.4, 0.5) is 11.5 Å². The Balaban J connectivity index is 2.41. The lowest BCUT2D eigenvalue weighted by molar-refractivity contribution is -0.384. The average Bonchev–Trinajstić information content (AvgIpc) is 2.92. The highest BCUT2D eigenvalue weighted by Crippen LogP contribution is 2.36. The molecule has 1 N–H and O–H groups in total. The number of nitrogens with zero attached hydrogens (tertiary/aromatic N) is 4. The summed E-state index contributed by atoms with van der Waals surface area (Å²) < 4.78 is 27.0. The second-order valence-corrected chi connectivity index (χ2v) is 7.33. The number of rotatable bonds is 4. The van der Waals surface area contributed by atoms with Gasteiger partial charge in [-0.1, -0.05) is 11.6 Å². The smallest absolute Gasteiger partial charge is 0.272 e. The van der Waals surface area contributed by atoms with E-state index in [4.69, 9.17) is 16.9 Å². The molecule has 0 fully saturated rings. The zero-order valence-electron chi connectivity index (χ0n) is 10.3. The number of thiophene rings is 1. The van der Waals surface area contributed by atoms with Gasteiger partial charge >= 0.3 is 0 Å². The van der Waals surface area contributed by atoms with Crippen LogP contribution in [0.1, 0.15) is 5.56 Å². The molecule has 0 saturated carbocycles. The molecular formula is C9H6ClN5O4S2. The van der Waals surface area contributed by atoms with E-state index in [-0.39, 0.29) is 19.9 Å². The SMILES string of the molecule is Cn1cc(C#N)c(NS(=O)(=O)c2cc([N+](=O)[O-])c(Cl)s2)n1. The summed E-state index contributed by atoms with van der Waals surface area (Å²) in [7, 11) is -2.60. The minimum Gasteiger partial charge on any atom is -0.272 e. The Hall–Kier alpha value is -2.16. The quantitative estimate of drug-likeness (QED) is 0.661. The maximum Gasteiger partial charge on any atom is 0.300 e. The molecule has 9 nitrogen and oxygen atoms in total. The van der Waals surface area contributed by atoms with Crippen molar-refractivity contribution in [2.24, 2.45) is 7.05 Å². The van der Waals surface area contributed by atoms with Crippen LogP contribution in [0.25, 0.3) is 0 Å². The van der Waals surface area contributed by atoms with Crippen molar-refractivity contribution in [1.82, 2.24) is 9.78 Å². The standard InChI is InChI=1S/C9H6ClN5O4S2/c1-14-4-5(3-11)9(12-14)13-21(18,19)7-2-6(15(16)17)8(10)20-7/h2,4H,1H3,(H,12,13). The Morgan fingerprint density at radius 1 is 1.62 bits per heavy atom. The first-order valence-electron chi connectivity index (χ1n) is 5.15. The van der Waals surface area contributed by atoms with E-state index in [9.17, 15) is 18.5 Å². The number of nitriles is 1. The van der Waals surface area contributed by atoms with Crippen LogP contribution in [0.5, 0.6) is 0 Å². The predicted molar refractivity (Wildman–Crippen MR) is 74.7 cm³/mol. The van der Waals surface area contributed by atoms with E-state index in [1.807, 2.05) is 0 Å². The summed E-state index contributed by atoms with van der Waals surface area (Å²) in [5.41, 5.74) is -0.471. The predicted octanol–water partition coefficient (Wildman–Crippen LogP) is 1.72. The van der Waals surface area contributed by atoms with Crippen molar-refractivity contribution in [2.45, 2.75) is 4.21 Å². The molecule has 0 radical (unpaired) electrons. The summed E-state index contributed by atoms with van der Waals surface area (Å²) in [6, 6.07) is 2.64. The number of aromatic nitrogens is 2. The highest BCUT2D eigenvalue weighted by atomic mass is 35.5. The zero-order chi connectivity index (χ0) is 15.8. The molecular weight excluding hydrogens is 342 g/mol. The molecule has 0 aliphatic heterocycles. The van der Waals surface area contributed by atoms with Gasteiger partial charge in [0.1, 0.15) is 15.8 Å². The van der Waals surface area contributed by atoms with E-state index in [0.717, 1.165) is 6.07 Å². The number of halogens is 1. The topological polar surface area (TPSA) is 131 Å². The Kier molecular flexibility index (Phi) is 3.86. The fourth-order valence-corrected chi connectivity index (χ4v) is 4.10. The van der Waals surface area contributed by atoms with Crippen molar-refractivity contribution >= 4 is 44.5 Å². The maximum atomic E-state index is 12.1. The van der Waals surface area contributed by atoms with E-state index in [1.165, 1.54) is 17.9 Å². The second-order valence-electron chi connectivity index (χ2n) is 3.76. The lowest BCUT2D eigenvalue weighted by Crippen LogP contribution is -2.13. The van der Waals surface area contributed by atoms with Gasteiger partial charge in [-0.25, -0.2) is 8.42 Å². The number of anilines is 1. The molecule has 0 spiro atoms. The van der Waals surface area contributed by atoms with E-state index in [1.54, 1.807) is 6.07 Å². The van der Waals surface area contributed by atoms with Crippen molar-refractivity contribution in [3.8, 4) is 6.07 Å². The first-order valence-corrected chi connectivity index (χ1v) is 7.82. The third-order valence-corrected chi connectivity index (χ3v) is 5.44. The van der Waals surface area contributed by atoms with Gasteiger partial charge in [0, 0.05) is 19.3 Å². The molecule has 2 rings (SSSR count). The number of aryl methyl sites for hydroxylation is 1. The highest BCUT2D eigenvalue weighted by molar-refractivity contribution is 7.94. The molecule has 0 unspecified atom stereocenters. The lowest BCUT2D eigenvalue weighted by atomic mass is 10.4. The summed E-state index contributed by atoms with van der Waals surface area (Å²) >= 11 is 6.17. The average molecular weight is 348 g/mol. The van der Waals surface area contributed by atoms with E-state index in [2.05, 4.69) is 9.82 Å². The monoisotopic (exact) mass is 347 g/mol. The molecule has 0 saturated heterocycles. The summed E-state index contributed by atoms with van der Waals surface area (Å²) in [6.45, 7) is 0. The molecule has 21 heavy (non-hydrogen) atoms. The molecule has 0 bridgehead atoms. The van der Waals surface area contributed by atoms with Crippen molar-refractivity contribution in [1.29, 1.82) is 5.26 Å². The molecule has 12 heteroatoms. The number of hydrogen-bond donors (Lipinski definition) is 1. The van der Waals surface area contributed by atoms with Gasteiger partial charge in [-0.3, -0.25) is 19.5 Å². The molecule has 0 atom stereocenters. The maximum absolute atomic E-state index is 12.1.